The Balaban J connectivity index is 0.000000189. The average molecular weight is 623 g/mol. The third-order valence-corrected chi connectivity index (χ3v) is 11.3. The number of aliphatic imine (C=N–C) groups is 2. The molecular weight excluding hydrogens is 601 g/mol. The fourth-order valence-electron chi connectivity index (χ4n) is 3.24. The molecule has 0 saturated carbocycles. The van der Waals surface area contributed by atoms with Crippen molar-refractivity contribution in [3.8, 4) is 0 Å². The van der Waals surface area contributed by atoms with Crippen molar-refractivity contribution in [1.29, 1.82) is 0 Å². The fourth-order valence-corrected chi connectivity index (χ4v) is 8.43. The number of nitrogens with zero attached hydrogens (tertiary/aromatic N) is 2. The Morgan fingerprint density at radius 1 is 0.848 bits per heavy atom. The summed E-state index contributed by atoms with van der Waals surface area (Å²) in [5.74, 6) is 0. The summed E-state index contributed by atoms with van der Waals surface area (Å²) in [4.78, 5) is 9.07. The van der Waals surface area contributed by atoms with E-state index in [1.165, 1.54) is 0 Å². The van der Waals surface area contributed by atoms with Crippen molar-refractivity contribution in [2.24, 2.45) is 9.98 Å². The molecule has 3 aromatic carbocycles. The maximum Gasteiger partial charge on any atom is 0.0534 e. The summed E-state index contributed by atoms with van der Waals surface area (Å²) in [5.41, 5.74) is 5.97. The van der Waals surface area contributed by atoms with Crippen molar-refractivity contribution < 1.29 is 0 Å². The molecule has 0 bridgehead atoms. The number of rotatable bonds is 5. The molecule has 0 spiro atoms. The van der Waals surface area contributed by atoms with Crippen LogP contribution in [0.2, 0.25) is 14.0 Å². The van der Waals surface area contributed by atoms with Gasteiger partial charge >= 0.3 is 127 Å². The number of hydrogen-bond donors (Lipinski definition) is 0. The van der Waals surface area contributed by atoms with Crippen LogP contribution in [0.25, 0.3) is 0 Å². The smallest absolute Gasteiger partial charge is 0.0534 e. The van der Waals surface area contributed by atoms with E-state index in [1.807, 2.05) is 98.8 Å². The standard InChI is InChI=1S/2C13H11ClN.2ClH.Sn/c2*1-10(11-5-2-3-6-11)15-13-8-4-7-12(14)9-13;;;/h2*2-9H,1H3;2*1H;/q;-1;;;+2/p-2. The number of hydrogen-bond acceptors (Lipinski definition) is 2. The zero-order valence-electron chi connectivity index (χ0n) is 18.1. The third kappa shape index (κ3) is 8.08. The Morgan fingerprint density at radius 2 is 1.45 bits per heavy atom. The number of halogens is 4. The van der Waals surface area contributed by atoms with Crippen LogP contribution in [-0.2, 0) is 0 Å². The Bertz CT molecular complexity index is 1190. The first kappa shape index (κ1) is 26.2. The second-order valence-corrected chi connectivity index (χ2v) is 18.4. The summed E-state index contributed by atoms with van der Waals surface area (Å²) in [5, 5.41) is 1.40. The second-order valence-electron chi connectivity index (χ2n) is 7.30. The molecule has 0 heterocycles. The van der Waals surface area contributed by atoms with Crippen LogP contribution in [0, 0.1) is 0 Å². The zero-order chi connectivity index (χ0) is 23.8. The van der Waals surface area contributed by atoms with E-state index in [0.717, 1.165) is 33.9 Å². The van der Waals surface area contributed by atoms with Crippen molar-refractivity contribution in [3.63, 3.8) is 0 Å². The predicted octanol–water partition coefficient (Wildman–Crippen LogP) is 9.46. The van der Waals surface area contributed by atoms with Crippen LogP contribution in [0.4, 0.5) is 11.4 Å². The molecule has 0 aliphatic heterocycles. The van der Waals surface area contributed by atoms with Crippen LogP contribution in [0.15, 0.2) is 107 Å². The van der Waals surface area contributed by atoms with Gasteiger partial charge in [-0.3, -0.25) is 0 Å². The Hall–Kier alpha value is -1.43. The predicted molar refractivity (Wildman–Crippen MR) is 148 cm³/mol. The van der Waals surface area contributed by atoms with Gasteiger partial charge in [0, 0.05) is 5.02 Å². The van der Waals surface area contributed by atoms with Gasteiger partial charge in [-0.25, -0.2) is 0 Å². The summed E-state index contributed by atoms with van der Waals surface area (Å²) < 4.78 is 0.207. The van der Waals surface area contributed by atoms with E-state index in [9.17, 15) is 0 Å². The molecule has 1 atom stereocenters. The van der Waals surface area contributed by atoms with Crippen LogP contribution < -0.4 is 0 Å². The van der Waals surface area contributed by atoms with Crippen LogP contribution in [0.1, 0.15) is 19.4 Å². The Labute approximate surface area is 219 Å². The molecule has 1 aliphatic carbocycles. The number of allylic oxidation sites excluding steroid dienone is 4. The minimum Gasteiger partial charge on any atom is -0.301 e. The van der Waals surface area contributed by atoms with Gasteiger partial charge in [-0.15, -0.1) is 11.6 Å². The average Bonchev–Trinajstić information content (AvgIpc) is 3.47. The van der Waals surface area contributed by atoms with E-state index >= 15 is 0 Å². The largest absolute Gasteiger partial charge is 0.301 e. The van der Waals surface area contributed by atoms with Gasteiger partial charge in [-0.2, -0.15) is 18.2 Å². The molecule has 7 heteroatoms. The van der Waals surface area contributed by atoms with Gasteiger partial charge < -0.3 is 4.99 Å². The van der Waals surface area contributed by atoms with Gasteiger partial charge in [-0.1, -0.05) is 24.6 Å². The van der Waals surface area contributed by atoms with Crippen LogP contribution in [0.3, 0.4) is 0 Å². The first-order valence-corrected chi connectivity index (χ1v) is 19.9. The normalized spacial score (nSPS) is 16.0. The minimum atomic E-state index is -2.32. The van der Waals surface area contributed by atoms with E-state index in [1.54, 1.807) is 0 Å². The zero-order valence-corrected chi connectivity index (χ0v) is 24.0. The summed E-state index contributed by atoms with van der Waals surface area (Å²) in [6.45, 7) is 3.98. The van der Waals surface area contributed by atoms with E-state index in [0.29, 0.717) is 10.0 Å². The Morgan fingerprint density at radius 3 is 1.97 bits per heavy atom. The van der Waals surface area contributed by atoms with Crippen molar-refractivity contribution >= 4 is 81.3 Å². The van der Waals surface area contributed by atoms with Crippen molar-refractivity contribution in [3.05, 3.63) is 112 Å². The molecule has 2 nitrogen and oxygen atoms in total. The Kier molecular flexibility index (Phi) is 10.2. The molecule has 1 radical (unpaired) electrons. The summed E-state index contributed by atoms with van der Waals surface area (Å²) >= 11 is 9.50. The molecule has 169 valence electrons. The molecular formula is C26H22Cl4N2Sn-. The first-order chi connectivity index (χ1) is 15.8. The molecule has 0 amide bonds. The van der Waals surface area contributed by atoms with Crippen LogP contribution >= 0.6 is 41.0 Å². The molecule has 0 fully saturated rings. The molecule has 4 rings (SSSR count). The summed E-state index contributed by atoms with van der Waals surface area (Å²) in [6.07, 6.45) is 6.11. The van der Waals surface area contributed by atoms with Crippen molar-refractivity contribution in [2.75, 3.05) is 0 Å². The maximum absolute atomic E-state index is 6.14. The van der Waals surface area contributed by atoms with Gasteiger partial charge in [0.05, 0.1) is 5.69 Å². The van der Waals surface area contributed by atoms with E-state index in [-0.39, 0.29) is 3.93 Å². The van der Waals surface area contributed by atoms with Crippen molar-refractivity contribution in [1.82, 2.24) is 0 Å². The van der Waals surface area contributed by atoms with Gasteiger partial charge in [0.25, 0.3) is 0 Å². The minimum absolute atomic E-state index is 0.207. The van der Waals surface area contributed by atoms with E-state index < -0.39 is 17.5 Å². The molecule has 1 aliphatic rings. The van der Waals surface area contributed by atoms with Gasteiger partial charge in [0.1, 0.15) is 0 Å². The molecule has 0 aromatic heterocycles. The van der Waals surface area contributed by atoms with Gasteiger partial charge in [0.2, 0.25) is 0 Å². The molecule has 33 heavy (non-hydrogen) atoms. The topological polar surface area (TPSA) is 24.7 Å². The van der Waals surface area contributed by atoms with Crippen LogP contribution in [-0.4, -0.2) is 28.9 Å². The molecule has 1 unspecified atom stereocenters. The summed E-state index contributed by atoms with van der Waals surface area (Å²) in [7, 11) is 12.3. The number of benzene rings is 2. The second kappa shape index (κ2) is 12.9. The molecule has 0 saturated heterocycles. The van der Waals surface area contributed by atoms with Gasteiger partial charge in [-0.05, 0) is 23.9 Å². The van der Waals surface area contributed by atoms with Gasteiger partial charge in [0.15, 0.2) is 0 Å². The first-order valence-electron chi connectivity index (χ1n) is 10.2. The van der Waals surface area contributed by atoms with E-state index in [2.05, 4.69) is 16.1 Å². The molecule has 0 N–H and O–H groups in total. The quantitative estimate of drug-likeness (QED) is 0.154. The third-order valence-electron chi connectivity index (χ3n) is 4.86. The molecule has 3 aromatic rings. The SMILES string of the molecule is CC(=Nc1cccc(Cl)c1)C1=CC=C[CH]1[Sn]([Cl])[Cl].CC(=Nc1cccc(Cl)c1)c1ccc[cH-]1. The van der Waals surface area contributed by atoms with Crippen molar-refractivity contribution in [2.45, 2.75) is 17.8 Å². The summed E-state index contributed by atoms with van der Waals surface area (Å²) in [6, 6.07) is 23.1. The maximum atomic E-state index is 6.14. The monoisotopic (exact) mass is 622 g/mol. The van der Waals surface area contributed by atoms with Crippen LogP contribution in [0.5, 0.6) is 0 Å². The fraction of sp³-hybridized carbons (Fsp3) is 0.115. The van der Waals surface area contributed by atoms with E-state index in [4.69, 9.17) is 41.0 Å².